The molecule has 0 unspecified atom stereocenters. The van der Waals surface area contributed by atoms with Gasteiger partial charge in [-0.25, -0.2) is 4.98 Å². The van der Waals surface area contributed by atoms with Crippen LogP contribution >= 0.6 is 11.6 Å². The molecule has 0 aliphatic rings. The van der Waals surface area contributed by atoms with Crippen molar-refractivity contribution >= 4 is 34.4 Å². The molecule has 3 rings (SSSR count). The van der Waals surface area contributed by atoms with Gasteiger partial charge in [-0.2, -0.15) is 4.98 Å². The molecule has 20 heavy (non-hydrogen) atoms. The average molecular weight is 288 g/mol. The number of carbonyl (C=O) groups excluding carboxylic acids is 1. The van der Waals surface area contributed by atoms with Gasteiger partial charge in [0.2, 0.25) is 0 Å². The van der Waals surface area contributed by atoms with E-state index in [1.807, 2.05) is 18.2 Å². The summed E-state index contributed by atoms with van der Waals surface area (Å²) >= 11 is 6.15. The van der Waals surface area contributed by atoms with E-state index in [2.05, 4.69) is 15.3 Å². The van der Waals surface area contributed by atoms with Crippen LogP contribution in [0.25, 0.3) is 10.9 Å². The van der Waals surface area contributed by atoms with Crippen molar-refractivity contribution in [1.29, 1.82) is 0 Å². The van der Waals surface area contributed by atoms with E-state index in [9.17, 15) is 4.79 Å². The Hall–Kier alpha value is -2.40. The number of oxazole rings is 1. The second-order valence-electron chi connectivity index (χ2n) is 4.25. The maximum atomic E-state index is 12.1. The number of hydrogen-bond donors (Lipinski definition) is 1. The standard InChI is InChI=1S/C14H10ClN3O2/c1-8-7-20-14(16-8)18-13(19)12-6-10(15)9-4-2-3-5-11(9)17-12/h2-7H,1H3,(H,16,18,19). The third-order valence-electron chi connectivity index (χ3n) is 2.74. The largest absolute Gasteiger partial charge is 0.432 e. The molecule has 1 amide bonds. The predicted molar refractivity (Wildman–Crippen MR) is 75.9 cm³/mol. The van der Waals surface area contributed by atoms with E-state index in [0.29, 0.717) is 16.2 Å². The number of pyridine rings is 1. The van der Waals surface area contributed by atoms with E-state index in [1.54, 1.807) is 13.0 Å². The number of rotatable bonds is 2. The van der Waals surface area contributed by atoms with Gasteiger partial charge >= 0.3 is 6.01 Å². The Bertz CT molecular complexity index is 798. The Balaban J connectivity index is 1.95. The van der Waals surface area contributed by atoms with E-state index >= 15 is 0 Å². The number of hydrogen-bond acceptors (Lipinski definition) is 4. The summed E-state index contributed by atoms with van der Waals surface area (Å²) in [6.07, 6.45) is 1.45. The van der Waals surface area contributed by atoms with Crippen molar-refractivity contribution in [2.45, 2.75) is 6.92 Å². The van der Waals surface area contributed by atoms with Crippen LogP contribution in [0.15, 0.2) is 41.0 Å². The fourth-order valence-electron chi connectivity index (χ4n) is 1.82. The van der Waals surface area contributed by atoms with Gasteiger partial charge in [-0.15, -0.1) is 0 Å². The number of nitrogens with one attached hydrogen (secondary N) is 1. The maximum Gasteiger partial charge on any atom is 0.301 e. The van der Waals surface area contributed by atoms with Crippen LogP contribution in [0.1, 0.15) is 16.2 Å². The van der Waals surface area contributed by atoms with Gasteiger partial charge in [0.15, 0.2) is 0 Å². The molecule has 2 aromatic heterocycles. The number of halogens is 1. The van der Waals surface area contributed by atoms with Gasteiger partial charge in [-0.05, 0) is 19.1 Å². The van der Waals surface area contributed by atoms with Gasteiger partial charge in [-0.1, -0.05) is 29.8 Å². The lowest BCUT2D eigenvalue weighted by atomic mass is 10.2. The average Bonchev–Trinajstić information content (AvgIpc) is 2.84. The van der Waals surface area contributed by atoms with Gasteiger partial charge in [-0.3, -0.25) is 10.1 Å². The molecule has 0 aliphatic carbocycles. The minimum Gasteiger partial charge on any atom is -0.432 e. The van der Waals surface area contributed by atoms with Crippen LogP contribution in [0.2, 0.25) is 5.02 Å². The zero-order chi connectivity index (χ0) is 14.1. The minimum atomic E-state index is -0.417. The first-order valence-electron chi connectivity index (χ1n) is 5.92. The van der Waals surface area contributed by atoms with E-state index in [4.69, 9.17) is 16.0 Å². The molecule has 1 aromatic carbocycles. The molecule has 0 aliphatic heterocycles. The second kappa shape index (κ2) is 4.94. The first kappa shape index (κ1) is 12.6. The SMILES string of the molecule is Cc1coc(NC(=O)c2cc(Cl)c3ccccc3n2)n1. The summed E-state index contributed by atoms with van der Waals surface area (Å²) in [7, 11) is 0. The summed E-state index contributed by atoms with van der Waals surface area (Å²) in [5.41, 5.74) is 1.56. The van der Waals surface area contributed by atoms with Crippen LogP contribution < -0.4 is 5.32 Å². The molecule has 0 bridgehead atoms. The fourth-order valence-corrected chi connectivity index (χ4v) is 2.08. The van der Waals surface area contributed by atoms with Gasteiger partial charge in [0.25, 0.3) is 5.91 Å². The molecule has 2 heterocycles. The molecule has 0 spiro atoms. The first-order valence-corrected chi connectivity index (χ1v) is 6.30. The van der Waals surface area contributed by atoms with Crippen molar-refractivity contribution in [1.82, 2.24) is 9.97 Å². The number of nitrogens with zero attached hydrogens (tertiary/aromatic N) is 2. The Labute approximate surface area is 119 Å². The summed E-state index contributed by atoms with van der Waals surface area (Å²) in [5.74, 6) is -0.417. The lowest BCUT2D eigenvalue weighted by Crippen LogP contribution is -2.14. The van der Waals surface area contributed by atoms with E-state index in [1.165, 1.54) is 12.3 Å². The van der Waals surface area contributed by atoms with Crippen molar-refractivity contribution in [3.05, 3.63) is 53.0 Å². The predicted octanol–water partition coefficient (Wildman–Crippen LogP) is 3.44. The number of amides is 1. The van der Waals surface area contributed by atoms with E-state index in [-0.39, 0.29) is 11.7 Å². The molecule has 5 nitrogen and oxygen atoms in total. The molecular weight excluding hydrogens is 278 g/mol. The number of carbonyl (C=O) groups is 1. The highest BCUT2D eigenvalue weighted by Gasteiger charge is 2.13. The van der Waals surface area contributed by atoms with Crippen LogP contribution in [0.5, 0.6) is 0 Å². The van der Waals surface area contributed by atoms with Gasteiger partial charge < -0.3 is 4.42 Å². The Morgan fingerprint density at radius 3 is 2.85 bits per heavy atom. The van der Waals surface area contributed by atoms with Gasteiger partial charge in [0.05, 0.1) is 16.2 Å². The monoisotopic (exact) mass is 287 g/mol. The van der Waals surface area contributed by atoms with Crippen LogP contribution in [0.3, 0.4) is 0 Å². The smallest absolute Gasteiger partial charge is 0.301 e. The number of aryl methyl sites for hydroxylation is 1. The van der Waals surface area contributed by atoms with Crippen molar-refractivity contribution in [2.75, 3.05) is 5.32 Å². The van der Waals surface area contributed by atoms with Gasteiger partial charge in [0.1, 0.15) is 12.0 Å². The van der Waals surface area contributed by atoms with Crippen LogP contribution in [-0.2, 0) is 0 Å². The molecular formula is C14H10ClN3O2. The molecule has 1 N–H and O–H groups in total. The summed E-state index contributed by atoms with van der Waals surface area (Å²) in [6.45, 7) is 1.77. The van der Waals surface area contributed by atoms with Crippen molar-refractivity contribution in [3.8, 4) is 0 Å². The fraction of sp³-hybridized carbons (Fsp3) is 0.0714. The summed E-state index contributed by atoms with van der Waals surface area (Å²) in [5, 5.41) is 3.81. The van der Waals surface area contributed by atoms with E-state index < -0.39 is 5.91 Å². The van der Waals surface area contributed by atoms with E-state index in [0.717, 1.165) is 5.39 Å². The van der Waals surface area contributed by atoms with Crippen molar-refractivity contribution < 1.29 is 9.21 Å². The van der Waals surface area contributed by atoms with Crippen molar-refractivity contribution in [3.63, 3.8) is 0 Å². The highest BCUT2D eigenvalue weighted by molar-refractivity contribution is 6.35. The summed E-state index contributed by atoms with van der Waals surface area (Å²) in [6, 6.07) is 9.01. The third-order valence-corrected chi connectivity index (χ3v) is 3.05. The maximum absolute atomic E-state index is 12.1. The molecule has 0 fully saturated rings. The number of anilines is 1. The zero-order valence-corrected chi connectivity index (χ0v) is 11.3. The third kappa shape index (κ3) is 2.35. The second-order valence-corrected chi connectivity index (χ2v) is 4.66. The highest BCUT2D eigenvalue weighted by atomic mass is 35.5. The quantitative estimate of drug-likeness (QED) is 0.784. The van der Waals surface area contributed by atoms with Crippen LogP contribution in [-0.4, -0.2) is 15.9 Å². The highest BCUT2D eigenvalue weighted by Crippen LogP contribution is 2.23. The Morgan fingerprint density at radius 2 is 2.10 bits per heavy atom. The first-order chi connectivity index (χ1) is 9.63. The molecule has 0 radical (unpaired) electrons. The molecule has 0 saturated heterocycles. The topological polar surface area (TPSA) is 68.0 Å². The number of aromatic nitrogens is 2. The molecule has 100 valence electrons. The molecule has 0 saturated carbocycles. The Kier molecular flexibility index (Phi) is 3.12. The van der Waals surface area contributed by atoms with Crippen molar-refractivity contribution in [2.24, 2.45) is 0 Å². The molecule has 3 aromatic rings. The number of para-hydroxylation sites is 1. The minimum absolute atomic E-state index is 0.138. The van der Waals surface area contributed by atoms with Crippen LogP contribution in [0.4, 0.5) is 6.01 Å². The summed E-state index contributed by atoms with van der Waals surface area (Å²) in [4.78, 5) is 20.4. The molecule has 6 heteroatoms. The number of benzene rings is 1. The van der Waals surface area contributed by atoms with Gasteiger partial charge in [0, 0.05) is 5.39 Å². The lowest BCUT2D eigenvalue weighted by Gasteiger charge is -2.04. The zero-order valence-electron chi connectivity index (χ0n) is 10.6. The molecule has 0 atom stereocenters. The number of fused-ring (bicyclic) bond motifs is 1. The summed E-state index contributed by atoms with van der Waals surface area (Å²) < 4.78 is 5.07. The Morgan fingerprint density at radius 1 is 1.30 bits per heavy atom. The van der Waals surface area contributed by atoms with Crippen LogP contribution in [0, 0.1) is 6.92 Å². The normalized spacial score (nSPS) is 10.7. The lowest BCUT2D eigenvalue weighted by molar-refractivity contribution is 0.102.